The lowest BCUT2D eigenvalue weighted by atomic mass is 10.0. The molecule has 2 aromatic carbocycles. The molecule has 1 aliphatic heterocycles. The van der Waals surface area contributed by atoms with Crippen LogP contribution in [0, 0.1) is 0 Å². The van der Waals surface area contributed by atoms with Crippen LogP contribution in [0.2, 0.25) is 0 Å². The molecule has 0 aromatic heterocycles. The first-order chi connectivity index (χ1) is 16.5. The van der Waals surface area contributed by atoms with Crippen molar-refractivity contribution in [2.75, 3.05) is 19.7 Å². The van der Waals surface area contributed by atoms with Gasteiger partial charge in [0.2, 0.25) is 11.8 Å². The van der Waals surface area contributed by atoms with E-state index >= 15 is 0 Å². The van der Waals surface area contributed by atoms with Crippen LogP contribution in [-0.4, -0.2) is 55.7 Å². The maximum Gasteiger partial charge on any atom is 0.328 e. The van der Waals surface area contributed by atoms with Crippen LogP contribution in [-0.2, 0) is 36.9 Å². The largest absolute Gasteiger partial charge is 0.459 e. The molecule has 3 atom stereocenters. The fraction of sp³-hybridized carbons (Fsp3) is 0.423. The summed E-state index contributed by atoms with van der Waals surface area (Å²) in [6, 6.07) is 17.5. The van der Waals surface area contributed by atoms with E-state index in [0.717, 1.165) is 17.7 Å². The summed E-state index contributed by atoms with van der Waals surface area (Å²) in [6.45, 7) is 3.64. The summed E-state index contributed by atoms with van der Waals surface area (Å²) < 4.78 is 11.0. The van der Waals surface area contributed by atoms with Gasteiger partial charge in [-0.05, 0) is 30.9 Å². The number of hydrogen-bond donors (Lipinski definition) is 3. The van der Waals surface area contributed by atoms with E-state index in [-0.39, 0.29) is 25.0 Å². The van der Waals surface area contributed by atoms with Crippen molar-refractivity contribution in [3.8, 4) is 0 Å². The minimum Gasteiger partial charge on any atom is -0.459 e. The SMILES string of the molecule is C[C@H](NC(=O)CC1CNCCO1)C(=O)N[C@@H](CCc1ccccc1)C(=O)OCc1ccccc1. The van der Waals surface area contributed by atoms with E-state index in [1.807, 2.05) is 60.7 Å². The smallest absolute Gasteiger partial charge is 0.328 e. The summed E-state index contributed by atoms with van der Waals surface area (Å²) in [5, 5.41) is 8.62. The van der Waals surface area contributed by atoms with E-state index in [1.165, 1.54) is 0 Å². The van der Waals surface area contributed by atoms with Gasteiger partial charge in [-0.2, -0.15) is 0 Å². The number of benzene rings is 2. The van der Waals surface area contributed by atoms with Crippen molar-refractivity contribution in [1.29, 1.82) is 0 Å². The van der Waals surface area contributed by atoms with Gasteiger partial charge in [-0.1, -0.05) is 60.7 Å². The predicted molar refractivity (Wildman–Crippen MR) is 128 cm³/mol. The Morgan fingerprint density at radius 2 is 1.71 bits per heavy atom. The second-order valence-corrected chi connectivity index (χ2v) is 8.37. The molecule has 3 N–H and O–H groups in total. The van der Waals surface area contributed by atoms with Gasteiger partial charge in [0.05, 0.1) is 19.1 Å². The van der Waals surface area contributed by atoms with Crippen molar-refractivity contribution in [1.82, 2.24) is 16.0 Å². The minimum atomic E-state index is -0.832. The molecule has 8 heteroatoms. The van der Waals surface area contributed by atoms with E-state index < -0.39 is 24.0 Å². The van der Waals surface area contributed by atoms with Crippen molar-refractivity contribution in [2.45, 2.75) is 51.0 Å². The van der Waals surface area contributed by atoms with Gasteiger partial charge in [0.1, 0.15) is 18.7 Å². The number of carbonyl (C=O) groups is 3. The lowest BCUT2D eigenvalue weighted by molar-refractivity contribution is -0.149. The fourth-order valence-corrected chi connectivity index (χ4v) is 3.65. The maximum absolute atomic E-state index is 12.8. The molecule has 0 saturated carbocycles. The van der Waals surface area contributed by atoms with Crippen LogP contribution in [0.25, 0.3) is 0 Å². The van der Waals surface area contributed by atoms with Crippen LogP contribution in [0.3, 0.4) is 0 Å². The molecule has 0 radical (unpaired) electrons. The highest BCUT2D eigenvalue weighted by atomic mass is 16.5. The molecular weight excluding hydrogens is 434 g/mol. The Morgan fingerprint density at radius 1 is 1.03 bits per heavy atom. The molecule has 1 heterocycles. The zero-order chi connectivity index (χ0) is 24.2. The Bertz CT molecular complexity index is 917. The van der Waals surface area contributed by atoms with Crippen LogP contribution >= 0.6 is 0 Å². The highest BCUT2D eigenvalue weighted by molar-refractivity contribution is 5.90. The topological polar surface area (TPSA) is 106 Å². The summed E-state index contributed by atoms with van der Waals surface area (Å²) in [5.74, 6) is -1.22. The third kappa shape index (κ3) is 8.61. The number of esters is 1. The van der Waals surface area contributed by atoms with Gasteiger partial charge >= 0.3 is 5.97 Å². The number of carbonyl (C=O) groups excluding carboxylic acids is 3. The Morgan fingerprint density at radius 3 is 2.35 bits per heavy atom. The number of aryl methyl sites for hydroxylation is 1. The molecule has 2 aromatic rings. The van der Waals surface area contributed by atoms with Crippen molar-refractivity contribution in [2.24, 2.45) is 0 Å². The fourth-order valence-electron chi connectivity index (χ4n) is 3.65. The molecule has 0 spiro atoms. The minimum absolute atomic E-state index is 0.124. The van der Waals surface area contributed by atoms with Gasteiger partial charge in [0, 0.05) is 13.1 Å². The number of morpholine rings is 1. The monoisotopic (exact) mass is 467 g/mol. The zero-order valence-corrected chi connectivity index (χ0v) is 19.5. The Balaban J connectivity index is 1.55. The Kier molecular flexibility index (Phi) is 10.1. The second kappa shape index (κ2) is 13.5. The lowest BCUT2D eigenvalue weighted by Crippen LogP contribution is -2.51. The van der Waals surface area contributed by atoms with E-state index in [0.29, 0.717) is 26.0 Å². The van der Waals surface area contributed by atoms with E-state index in [4.69, 9.17) is 9.47 Å². The standard InChI is InChI=1S/C26H33N3O5/c1-19(28-24(30)16-22-17-27-14-15-33-22)25(31)29-23(13-12-20-8-4-2-5-9-20)26(32)34-18-21-10-6-3-7-11-21/h2-11,19,22-23,27H,12-18H2,1H3,(H,28,30)(H,29,31)/t19-,22?,23-/m0/s1. The van der Waals surface area contributed by atoms with Crippen LogP contribution < -0.4 is 16.0 Å². The summed E-state index contributed by atoms with van der Waals surface area (Å²) in [6.07, 6.45) is 0.932. The van der Waals surface area contributed by atoms with Crippen LogP contribution in [0.1, 0.15) is 30.9 Å². The van der Waals surface area contributed by atoms with Crippen molar-refractivity contribution in [3.63, 3.8) is 0 Å². The number of ether oxygens (including phenoxy) is 2. The van der Waals surface area contributed by atoms with Crippen molar-refractivity contribution >= 4 is 17.8 Å². The molecule has 1 unspecified atom stereocenters. The highest BCUT2D eigenvalue weighted by Crippen LogP contribution is 2.09. The van der Waals surface area contributed by atoms with E-state index in [1.54, 1.807) is 6.92 Å². The molecular formula is C26H33N3O5. The number of nitrogens with one attached hydrogen (secondary N) is 3. The average molecular weight is 468 g/mol. The molecule has 34 heavy (non-hydrogen) atoms. The van der Waals surface area contributed by atoms with Gasteiger partial charge < -0.3 is 25.4 Å². The average Bonchev–Trinajstić information content (AvgIpc) is 2.86. The quantitative estimate of drug-likeness (QED) is 0.435. The highest BCUT2D eigenvalue weighted by Gasteiger charge is 2.26. The summed E-state index contributed by atoms with van der Waals surface area (Å²) in [5.41, 5.74) is 1.92. The third-order valence-corrected chi connectivity index (χ3v) is 5.58. The molecule has 1 fully saturated rings. The summed E-state index contributed by atoms with van der Waals surface area (Å²) in [7, 11) is 0. The molecule has 182 valence electrons. The Hall–Kier alpha value is -3.23. The Labute approximate surface area is 200 Å². The van der Waals surface area contributed by atoms with Crippen LogP contribution in [0.5, 0.6) is 0 Å². The molecule has 8 nitrogen and oxygen atoms in total. The van der Waals surface area contributed by atoms with E-state index in [9.17, 15) is 14.4 Å². The van der Waals surface area contributed by atoms with Gasteiger partial charge in [-0.15, -0.1) is 0 Å². The molecule has 0 aliphatic carbocycles. The van der Waals surface area contributed by atoms with Crippen molar-refractivity contribution < 1.29 is 23.9 Å². The van der Waals surface area contributed by atoms with Gasteiger partial charge in [0.15, 0.2) is 0 Å². The van der Waals surface area contributed by atoms with Crippen LogP contribution in [0.15, 0.2) is 60.7 Å². The molecule has 3 rings (SSSR count). The summed E-state index contributed by atoms with van der Waals surface area (Å²) in [4.78, 5) is 38.0. The van der Waals surface area contributed by atoms with Crippen molar-refractivity contribution in [3.05, 3.63) is 71.8 Å². The van der Waals surface area contributed by atoms with Crippen LogP contribution in [0.4, 0.5) is 0 Å². The molecule has 2 amide bonds. The molecule has 0 bridgehead atoms. The number of rotatable bonds is 11. The molecule has 1 saturated heterocycles. The van der Waals surface area contributed by atoms with Gasteiger partial charge in [-0.25, -0.2) is 4.79 Å². The number of hydrogen-bond acceptors (Lipinski definition) is 6. The molecule has 1 aliphatic rings. The zero-order valence-electron chi connectivity index (χ0n) is 19.5. The first kappa shape index (κ1) is 25.4. The maximum atomic E-state index is 12.8. The van der Waals surface area contributed by atoms with Gasteiger partial charge in [-0.3, -0.25) is 9.59 Å². The summed E-state index contributed by atoms with van der Waals surface area (Å²) >= 11 is 0. The third-order valence-electron chi connectivity index (χ3n) is 5.58. The van der Waals surface area contributed by atoms with Gasteiger partial charge in [0.25, 0.3) is 0 Å². The first-order valence-electron chi connectivity index (χ1n) is 11.7. The second-order valence-electron chi connectivity index (χ2n) is 8.37. The van der Waals surface area contributed by atoms with E-state index in [2.05, 4.69) is 16.0 Å². The normalized spacial score (nSPS) is 17.3. The lowest BCUT2D eigenvalue weighted by Gasteiger charge is -2.24. The number of amides is 2. The first-order valence-corrected chi connectivity index (χ1v) is 11.7. The predicted octanol–water partition coefficient (Wildman–Crippen LogP) is 1.73.